The first kappa shape index (κ1) is 86.8. The highest BCUT2D eigenvalue weighted by Gasteiger charge is 2.54. The van der Waals surface area contributed by atoms with Gasteiger partial charge in [-0.2, -0.15) is 0 Å². The molecular formula is C145H102N2. The molecule has 0 aliphatic heterocycles. The summed E-state index contributed by atoms with van der Waals surface area (Å²) in [6.07, 6.45) is 4.82. The van der Waals surface area contributed by atoms with E-state index in [-0.39, 0.29) is 10.8 Å². The van der Waals surface area contributed by atoms with E-state index in [0.717, 1.165) is 51.7 Å². The average Bonchev–Trinajstić information content (AvgIpc) is 1.51. The molecule has 22 aromatic carbocycles. The highest BCUT2D eigenvalue weighted by Crippen LogP contribution is 2.67. The van der Waals surface area contributed by atoms with Crippen molar-refractivity contribution in [3.8, 4) is 156 Å². The Balaban J connectivity index is 0.000000144. The largest absolute Gasteiger partial charge is 0.310 e. The van der Waals surface area contributed by atoms with Crippen LogP contribution in [0.15, 0.2) is 511 Å². The molecule has 2 spiro atoms. The fourth-order valence-corrected chi connectivity index (χ4v) is 26.4. The zero-order valence-electron chi connectivity index (χ0n) is 82.5. The third-order valence-electron chi connectivity index (χ3n) is 33.4. The maximum atomic E-state index is 4.18. The van der Waals surface area contributed by atoms with E-state index in [1.807, 2.05) is 12.2 Å². The molecule has 0 heterocycles. The van der Waals surface area contributed by atoms with Gasteiger partial charge < -0.3 is 9.80 Å². The molecule has 0 bridgehead atoms. The molecule has 692 valence electrons. The Morgan fingerprint density at radius 2 is 0.381 bits per heavy atom. The highest BCUT2D eigenvalue weighted by molar-refractivity contribution is 6.02. The van der Waals surface area contributed by atoms with Gasteiger partial charge in [0.15, 0.2) is 0 Å². The van der Waals surface area contributed by atoms with Crippen LogP contribution in [0, 0.1) is 0 Å². The topological polar surface area (TPSA) is 6.48 Å². The van der Waals surface area contributed by atoms with Crippen LogP contribution in [-0.2, 0) is 28.1 Å². The molecule has 0 N–H and O–H groups in total. The SMILES string of the molecule is C=Cc1ccccc1-c1ccc2c(c1)C1(c3ccccc3-c3ccc(-c4ccc(-c5ccc6c(c5)Cc5cc(N(c7ccc(-c8ccccc8)cc7)c7ccc8c(c7)C(C)(C)c7ccccc7-8)ccc5-6)cc4)cc31)c1ccccc1-2.C=Cc1ccccc1-c1ccc2c(c1)C1(c3ccccc3-c3ccc(-c4ccc(N(c5ccc(-c6ccccc6)cc5)c5ccc6c(c5)C(C)(C)c5ccccc5-6)cc4)cc31)c1ccccc1-2. The molecule has 2 nitrogen and oxygen atoms in total. The Morgan fingerprint density at radius 3 is 0.741 bits per heavy atom. The van der Waals surface area contributed by atoms with E-state index in [2.05, 4.69) is 548 Å². The van der Waals surface area contributed by atoms with Crippen molar-refractivity contribution in [1.29, 1.82) is 0 Å². The van der Waals surface area contributed by atoms with Crippen molar-refractivity contribution in [2.75, 3.05) is 9.80 Å². The predicted octanol–water partition coefficient (Wildman–Crippen LogP) is 38.1. The van der Waals surface area contributed by atoms with Gasteiger partial charge in [0.1, 0.15) is 0 Å². The van der Waals surface area contributed by atoms with Crippen LogP contribution >= 0.6 is 0 Å². The summed E-state index contributed by atoms with van der Waals surface area (Å²) in [7, 11) is 0. The van der Waals surface area contributed by atoms with Crippen LogP contribution in [0.3, 0.4) is 0 Å². The molecule has 2 heteroatoms. The van der Waals surface area contributed by atoms with Crippen LogP contribution in [0.4, 0.5) is 34.1 Å². The van der Waals surface area contributed by atoms with E-state index in [4.69, 9.17) is 0 Å². The number of rotatable bonds is 15. The number of hydrogen-bond acceptors (Lipinski definition) is 2. The van der Waals surface area contributed by atoms with E-state index in [0.29, 0.717) is 0 Å². The maximum Gasteiger partial charge on any atom is 0.0725 e. The van der Waals surface area contributed by atoms with Crippen LogP contribution in [0.1, 0.15) is 117 Å². The Labute approximate surface area is 860 Å². The quantitative estimate of drug-likeness (QED) is 0.101. The van der Waals surface area contributed by atoms with Gasteiger partial charge in [-0.3, -0.25) is 0 Å². The van der Waals surface area contributed by atoms with E-state index >= 15 is 0 Å². The van der Waals surface area contributed by atoms with Gasteiger partial charge in [-0.25, -0.2) is 0 Å². The van der Waals surface area contributed by atoms with E-state index in [1.165, 1.54) is 234 Å². The number of hydrogen-bond donors (Lipinski definition) is 0. The van der Waals surface area contributed by atoms with Gasteiger partial charge in [0, 0.05) is 45.0 Å². The minimum Gasteiger partial charge on any atom is -0.310 e. The molecule has 22 aromatic rings. The first-order valence-electron chi connectivity index (χ1n) is 51.6. The van der Waals surface area contributed by atoms with Crippen LogP contribution < -0.4 is 9.80 Å². The second-order valence-electron chi connectivity index (χ2n) is 41.6. The van der Waals surface area contributed by atoms with Crippen LogP contribution in [-0.4, -0.2) is 0 Å². The van der Waals surface area contributed by atoms with Crippen molar-refractivity contribution in [2.24, 2.45) is 0 Å². The van der Waals surface area contributed by atoms with Crippen molar-refractivity contribution in [3.63, 3.8) is 0 Å². The van der Waals surface area contributed by atoms with Crippen molar-refractivity contribution < 1.29 is 0 Å². The van der Waals surface area contributed by atoms with Gasteiger partial charge in [-0.05, 0) is 348 Å². The fourth-order valence-electron chi connectivity index (χ4n) is 26.4. The Hall–Kier alpha value is -18.1. The molecule has 0 amide bonds. The van der Waals surface area contributed by atoms with Gasteiger partial charge in [0.2, 0.25) is 0 Å². The normalized spacial score (nSPS) is 15.1. The zero-order valence-corrected chi connectivity index (χ0v) is 82.5. The van der Waals surface area contributed by atoms with Gasteiger partial charge in [-0.15, -0.1) is 0 Å². The average molecular weight is 1870 g/mol. The first-order chi connectivity index (χ1) is 72.3. The summed E-state index contributed by atoms with van der Waals surface area (Å²) in [5.41, 5.74) is 62.1. The second kappa shape index (κ2) is 33.8. The molecule has 0 saturated heterocycles. The standard InChI is InChI=1S/C79H55N.C66H47N/c1-4-50-16-8-9-19-63(50)57-34-41-71-68-22-12-15-25-74(68)79(77(71)48-57)73-24-14-11-21-67(73)70-40-33-56(47-76(70)79)54-28-26-53(27-29-54)55-32-39-64-58(44-55)45-59-46-61(37-42-65(59)64)80(60-35-30-52(31-36-60)51-17-6-5-7-18-51)62-38-43-69-66-20-10-13-23-72(66)78(2,3)75(69)49-62;1-4-43-16-8-9-19-52(43)48-31-38-58-55-22-12-15-25-61(55)66(64(58)41-48)60-24-14-11-21-54(60)57-37-30-47(40-63(57)66)46-28-34-50(35-29-46)67(49-32-26-45(27-33-49)44-17-6-5-7-18-44)51-36-39-56-53-20-10-13-23-59(53)65(2,3)62(56)42-51/h4-44,46-49H,1,45H2,2-3H3;4-42H,1H2,2-3H3. The minimum absolute atomic E-state index is 0.109. The van der Waals surface area contributed by atoms with Gasteiger partial charge in [0.05, 0.1) is 10.8 Å². The Morgan fingerprint density at radius 1 is 0.163 bits per heavy atom. The third kappa shape index (κ3) is 13.3. The highest BCUT2D eigenvalue weighted by atomic mass is 15.1. The summed E-state index contributed by atoms with van der Waals surface area (Å²) < 4.78 is 0. The number of nitrogens with zero attached hydrogens (tertiary/aromatic N) is 2. The molecule has 7 aliphatic rings. The smallest absolute Gasteiger partial charge is 0.0725 e. The second-order valence-corrected chi connectivity index (χ2v) is 41.6. The molecule has 29 rings (SSSR count). The molecule has 0 fully saturated rings. The lowest BCUT2D eigenvalue weighted by atomic mass is 9.70. The molecular weight excluding hydrogens is 1770 g/mol. The van der Waals surface area contributed by atoms with Gasteiger partial charge >= 0.3 is 0 Å². The lowest BCUT2D eigenvalue weighted by Gasteiger charge is -2.31. The van der Waals surface area contributed by atoms with Crippen LogP contribution in [0.25, 0.3) is 168 Å². The van der Waals surface area contributed by atoms with Crippen LogP contribution in [0.2, 0.25) is 0 Å². The van der Waals surface area contributed by atoms with Crippen molar-refractivity contribution in [2.45, 2.75) is 55.8 Å². The molecule has 147 heavy (non-hydrogen) atoms. The van der Waals surface area contributed by atoms with E-state index in [9.17, 15) is 0 Å². The fraction of sp³-hybridized carbons (Fsp3) is 0.0621. The minimum atomic E-state index is -0.476. The maximum absolute atomic E-state index is 4.18. The number of anilines is 6. The van der Waals surface area contributed by atoms with Crippen molar-refractivity contribution in [3.05, 3.63) is 600 Å². The summed E-state index contributed by atoms with van der Waals surface area (Å²) >= 11 is 0. The summed E-state index contributed by atoms with van der Waals surface area (Å²) in [5.74, 6) is 0. The molecule has 0 radical (unpaired) electrons. The van der Waals surface area contributed by atoms with Gasteiger partial charge in [0.25, 0.3) is 0 Å². The number of fused-ring (bicyclic) bond motifs is 29. The lowest BCUT2D eigenvalue weighted by molar-refractivity contribution is 0.660. The summed E-state index contributed by atoms with van der Waals surface area (Å²) in [6.45, 7) is 17.8. The van der Waals surface area contributed by atoms with Crippen molar-refractivity contribution >= 4 is 46.3 Å². The molecule has 0 aromatic heterocycles. The van der Waals surface area contributed by atoms with E-state index in [1.54, 1.807) is 0 Å². The van der Waals surface area contributed by atoms with Crippen molar-refractivity contribution in [1.82, 2.24) is 0 Å². The Kier molecular flexibility index (Phi) is 20.0. The molecule has 2 atom stereocenters. The van der Waals surface area contributed by atoms with Crippen LogP contribution in [0.5, 0.6) is 0 Å². The predicted molar refractivity (Wildman–Crippen MR) is 616 cm³/mol. The summed E-state index contributed by atoms with van der Waals surface area (Å²) in [4.78, 5) is 4.87. The van der Waals surface area contributed by atoms with Gasteiger partial charge in [-0.1, -0.05) is 453 Å². The first-order valence-corrected chi connectivity index (χ1v) is 51.6. The number of benzene rings is 22. The lowest BCUT2D eigenvalue weighted by Crippen LogP contribution is -2.26. The Bertz CT molecular complexity index is 9180. The third-order valence-corrected chi connectivity index (χ3v) is 33.4. The van der Waals surface area contributed by atoms with E-state index < -0.39 is 10.8 Å². The molecule has 0 saturated carbocycles. The molecule has 7 aliphatic carbocycles. The summed E-state index contributed by atoms with van der Waals surface area (Å²) in [6, 6.07) is 186. The zero-order chi connectivity index (χ0) is 98.1. The summed E-state index contributed by atoms with van der Waals surface area (Å²) in [5, 5.41) is 0. The molecule has 2 unspecified atom stereocenters. The monoisotopic (exact) mass is 1870 g/mol.